The van der Waals surface area contributed by atoms with E-state index in [-0.39, 0.29) is 22.6 Å². The van der Waals surface area contributed by atoms with Crippen LogP contribution in [0.2, 0.25) is 0 Å². The third-order valence-electron chi connectivity index (χ3n) is 3.53. The molecule has 0 aliphatic rings. The molecule has 0 spiro atoms. The first-order valence-corrected chi connectivity index (χ1v) is 9.09. The molecular weight excluding hydrogens is 381 g/mol. The molecule has 2 N–H and O–H groups in total. The molecule has 0 fully saturated rings. The summed E-state index contributed by atoms with van der Waals surface area (Å²) in [7, 11) is -3.86. The van der Waals surface area contributed by atoms with Crippen molar-refractivity contribution < 1.29 is 26.4 Å². The third-order valence-corrected chi connectivity index (χ3v) is 4.94. The van der Waals surface area contributed by atoms with Crippen LogP contribution in [0.4, 0.5) is 13.2 Å². The number of amides is 1. The van der Waals surface area contributed by atoms with Gasteiger partial charge in [0.1, 0.15) is 0 Å². The van der Waals surface area contributed by atoms with Crippen molar-refractivity contribution in [2.24, 2.45) is 0 Å². The Labute approximate surface area is 154 Å². The summed E-state index contributed by atoms with van der Waals surface area (Å²) in [6.45, 7) is -0.213. The summed E-state index contributed by atoms with van der Waals surface area (Å²) in [6.07, 6.45) is 0.290. The molecule has 2 rings (SSSR count). The van der Waals surface area contributed by atoms with Crippen LogP contribution in [0.25, 0.3) is 0 Å². The molecule has 0 heterocycles. The predicted molar refractivity (Wildman–Crippen MR) is 93.2 cm³/mol. The quantitative estimate of drug-likeness (QED) is 0.737. The van der Waals surface area contributed by atoms with Gasteiger partial charge in [0.25, 0.3) is 5.91 Å². The normalized spacial score (nSPS) is 12.8. The Morgan fingerprint density at radius 1 is 1.07 bits per heavy atom. The van der Waals surface area contributed by atoms with Crippen molar-refractivity contribution in [1.82, 2.24) is 10.0 Å². The summed E-state index contributed by atoms with van der Waals surface area (Å²) in [5, 5.41) is 1.93. The number of benzene rings is 2. The summed E-state index contributed by atoms with van der Waals surface area (Å²) in [5.41, 5.74) is -0.230. The van der Waals surface area contributed by atoms with Crippen LogP contribution in [0.3, 0.4) is 0 Å². The van der Waals surface area contributed by atoms with Gasteiger partial charge in [-0.15, -0.1) is 6.42 Å². The molecule has 0 radical (unpaired) electrons. The Bertz CT molecular complexity index is 935. The molecule has 1 amide bonds. The Balaban J connectivity index is 2.21. The molecule has 0 aliphatic heterocycles. The fraction of sp³-hybridized carbons (Fsp3) is 0.167. The molecule has 0 saturated heterocycles. The second kappa shape index (κ2) is 8.24. The minimum Gasteiger partial charge on any atom is -0.337 e. The fourth-order valence-electron chi connectivity index (χ4n) is 2.22. The van der Waals surface area contributed by atoms with Crippen molar-refractivity contribution in [2.45, 2.75) is 17.1 Å². The molecule has 1 atom stereocenters. The predicted octanol–water partition coefficient (Wildman–Crippen LogP) is 2.63. The lowest BCUT2D eigenvalue weighted by Crippen LogP contribution is -2.38. The SMILES string of the molecule is C#CCNS(=O)(=O)c1ccc(C(=O)NC(c2ccccc2)C(F)(F)F)cc1. The minimum atomic E-state index is -4.70. The second-order valence-electron chi connectivity index (χ2n) is 5.41. The number of halogens is 3. The largest absolute Gasteiger partial charge is 0.412 e. The first-order chi connectivity index (χ1) is 12.6. The number of hydrogen-bond donors (Lipinski definition) is 2. The van der Waals surface area contributed by atoms with Crippen LogP contribution in [0.5, 0.6) is 0 Å². The van der Waals surface area contributed by atoms with Crippen molar-refractivity contribution in [3.63, 3.8) is 0 Å². The van der Waals surface area contributed by atoms with Gasteiger partial charge in [0.15, 0.2) is 6.04 Å². The van der Waals surface area contributed by atoms with Crippen LogP contribution in [0, 0.1) is 12.3 Å². The topological polar surface area (TPSA) is 75.3 Å². The molecule has 9 heteroatoms. The lowest BCUT2D eigenvalue weighted by molar-refractivity contribution is -0.155. The summed E-state index contributed by atoms with van der Waals surface area (Å²) >= 11 is 0. The Morgan fingerprint density at radius 3 is 2.19 bits per heavy atom. The number of carbonyl (C=O) groups is 1. The van der Waals surface area contributed by atoms with E-state index in [0.717, 1.165) is 24.3 Å². The van der Waals surface area contributed by atoms with Gasteiger partial charge in [-0.3, -0.25) is 4.79 Å². The van der Waals surface area contributed by atoms with Crippen molar-refractivity contribution in [3.8, 4) is 12.3 Å². The summed E-state index contributed by atoms with van der Waals surface area (Å²) in [6, 6.07) is 9.22. The number of carbonyl (C=O) groups excluding carboxylic acids is 1. The number of rotatable bonds is 6. The van der Waals surface area contributed by atoms with E-state index in [1.165, 1.54) is 24.3 Å². The monoisotopic (exact) mass is 396 g/mol. The van der Waals surface area contributed by atoms with Crippen LogP contribution in [0.15, 0.2) is 59.5 Å². The van der Waals surface area contributed by atoms with Gasteiger partial charge < -0.3 is 5.32 Å². The maximum atomic E-state index is 13.3. The van der Waals surface area contributed by atoms with Crippen molar-refractivity contribution in [1.29, 1.82) is 0 Å². The minimum absolute atomic E-state index is 0.115. The molecular formula is C18H15F3N2O3S. The Kier molecular flexibility index (Phi) is 6.25. The van der Waals surface area contributed by atoms with E-state index < -0.39 is 28.1 Å². The van der Waals surface area contributed by atoms with E-state index in [9.17, 15) is 26.4 Å². The average molecular weight is 396 g/mol. The van der Waals surface area contributed by atoms with Gasteiger partial charge >= 0.3 is 6.18 Å². The Morgan fingerprint density at radius 2 is 1.67 bits per heavy atom. The Hall–Kier alpha value is -2.83. The highest BCUT2D eigenvalue weighted by Crippen LogP contribution is 2.32. The van der Waals surface area contributed by atoms with E-state index in [1.54, 1.807) is 6.07 Å². The van der Waals surface area contributed by atoms with Crippen molar-refractivity contribution in [3.05, 3.63) is 65.7 Å². The molecule has 0 aliphatic carbocycles. The third kappa shape index (κ3) is 5.32. The van der Waals surface area contributed by atoms with Gasteiger partial charge in [-0.1, -0.05) is 36.3 Å². The standard InChI is InChI=1S/C18H15F3N2O3S/c1-2-12-22-27(25,26)15-10-8-14(9-11-15)17(24)23-16(18(19,20)21)13-6-4-3-5-7-13/h1,3-11,16,22H,12H2,(H,23,24). The molecule has 142 valence electrons. The highest BCUT2D eigenvalue weighted by molar-refractivity contribution is 7.89. The van der Waals surface area contributed by atoms with Crippen LogP contribution in [-0.2, 0) is 10.0 Å². The number of sulfonamides is 1. The van der Waals surface area contributed by atoms with E-state index in [0.29, 0.717) is 0 Å². The van der Waals surface area contributed by atoms with Gasteiger partial charge in [0, 0.05) is 5.56 Å². The van der Waals surface area contributed by atoms with Crippen LogP contribution in [-0.4, -0.2) is 27.0 Å². The molecule has 5 nitrogen and oxygen atoms in total. The smallest absolute Gasteiger partial charge is 0.337 e. The van der Waals surface area contributed by atoms with Gasteiger partial charge in [-0.05, 0) is 29.8 Å². The zero-order valence-corrected chi connectivity index (χ0v) is 14.6. The maximum Gasteiger partial charge on any atom is 0.412 e. The zero-order chi connectivity index (χ0) is 20.1. The van der Waals surface area contributed by atoms with Gasteiger partial charge in [-0.25, -0.2) is 8.42 Å². The fourth-order valence-corrected chi connectivity index (χ4v) is 3.15. The van der Waals surface area contributed by atoms with Crippen molar-refractivity contribution in [2.75, 3.05) is 6.54 Å². The molecule has 0 aromatic heterocycles. The number of terminal acetylenes is 1. The number of alkyl halides is 3. The maximum absolute atomic E-state index is 13.3. The van der Waals surface area contributed by atoms with E-state index in [4.69, 9.17) is 6.42 Å². The number of hydrogen-bond acceptors (Lipinski definition) is 3. The average Bonchev–Trinajstić information content (AvgIpc) is 2.64. The lowest BCUT2D eigenvalue weighted by Gasteiger charge is -2.22. The summed E-state index contributed by atoms with van der Waals surface area (Å²) < 4.78 is 65.9. The highest BCUT2D eigenvalue weighted by Gasteiger charge is 2.41. The molecule has 2 aromatic rings. The summed E-state index contributed by atoms with van der Waals surface area (Å²) in [5.74, 6) is 1.13. The van der Waals surface area contributed by atoms with Crippen LogP contribution >= 0.6 is 0 Å². The van der Waals surface area contributed by atoms with Gasteiger partial charge in [0.05, 0.1) is 11.4 Å². The molecule has 0 bridgehead atoms. The molecule has 27 heavy (non-hydrogen) atoms. The number of nitrogens with one attached hydrogen (secondary N) is 2. The zero-order valence-electron chi connectivity index (χ0n) is 13.8. The van der Waals surface area contributed by atoms with Crippen LogP contribution < -0.4 is 10.0 Å². The highest BCUT2D eigenvalue weighted by atomic mass is 32.2. The van der Waals surface area contributed by atoms with Crippen molar-refractivity contribution >= 4 is 15.9 Å². The molecule has 2 aromatic carbocycles. The van der Waals surface area contributed by atoms with Crippen LogP contribution in [0.1, 0.15) is 22.0 Å². The molecule has 0 saturated carbocycles. The lowest BCUT2D eigenvalue weighted by atomic mass is 10.1. The summed E-state index contributed by atoms with van der Waals surface area (Å²) in [4.78, 5) is 12.0. The van der Waals surface area contributed by atoms with E-state index in [2.05, 4.69) is 10.6 Å². The molecule has 1 unspecified atom stereocenters. The first-order valence-electron chi connectivity index (χ1n) is 7.61. The second-order valence-corrected chi connectivity index (χ2v) is 7.18. The van der Waals surface area contributed by atoms with Gasteiger partial charge in [-0.2, -0.15) is 17.9 Å². The van der Waals surface area contributed by atoms with E-state index >= 15 is 0 Å². The first kappa shape index (κ1) is 20.5. The van der Waals surface area contributed by atoms with E-state index in [1.807, 2.05) is 5.32 Å². The van der Waals surface area contributed by atoms with Gasteiger partial charge in [0.2, 0.25) is 10.0 Å².